The Bertz CT molecular complexity index is 1170. The first kappa shape index (κ1) is 25.9. The Morgan fingerprint density at radius 2 is 1.58 bits per heavy atom. The Balaban J connectivity index is 1.69. The van der Waals surface area contributed by atoms with Crippen molar-refractivity contribution in [3.8, 4) is 11.5 Å². The van der Waals surface area contributed by atoms with Crippen LogP contribution < -0.4 is 14.8 Å². The summed E-state index contributed by atoms with van der Waals surface area (Å²) in [5, 5.41) is 3.41. The zero-order valence-corrected chi connectivity index (χ0v) is 22.1. The van der Waals surface area contributed by atoms with Gasteiger partial charge in [-0.05, 0) is 60.4 Å². The molecule has 2 aromatic carbocycles. The molecule has 1 aliphatic carbocycles. The molecule has 2 atom stereocenters. The summed E-state index contributed by atoms with van der Waals surface area (Å²) >= 11 is 1.72. The summed E-state index contributed by atoms with van der Waals surface area (Å²) in [6.45, 7) is 4.30. The number of dihydropyridines is 1. The molecule has 2 aliphatic rings. The van der Waals surface area contributed by atoms with E-state index in [4.69, 9.17) is 14.2 Å². The highest BCUT2D eigenvalue weighted by Gasteiger charge is 2.41. The van der Waals surface area contributed by atoms with E-state index < -0.39 is 5.92 Å². The van der Waals surface area contributed by atoms with Gasteiger partial charge in [-0.1, -0.05) is 31.2 Å². The van der Waals surface area contributed by atoms with Crippen molar-refractivity contribution in [1.82, 2.24) is 5.32 Å². The van der Waals surface area contributed by atoms with E-state index >= 15 is 0 Å². The van der Waals surface area contributed by atoms with E-state index in [1.807, 2.05) is 55.5 Å². The summed E-state index contributed by atoms with van der Waals surface area (Å²) in [4.78, 5) is 27.0. The molecule has 1 aliphatic heterocycles. The van der Waals surface area contributed by atoms with Gasteiger partial charge in [0.25, 0.3) is 0 Å². The fourth-order valence-corrected chi connectivity index (χ4v) is 5.46. The number of carbonyl (C=O) groups excluding carboxylic acids is 2. The molecule has 0 amide bonds. The predicted molar refractivity (Wildman–Crippen MR) is 143 cm³/mol. The van der Waals surface area contributed by atoms with Gasteiger partial charge in [0.1, 0.15) is 18.1 Å². The monoisotopic (exact) mass is 507 g/mol. The highest BCUT2D eigenvalue weighted by Crippen LogP contribution is 2.46. The Morgan fingerprint density at radius 1 is 0.972 bits per heavy atom. The summed E-state index contributed by atoms with van der Waals surface area (Å²) in [5.74, 6) is 2.45. The largest absolute Gasteiger partial charge is 0.497 e. The van der Waals surface area contributed by atoms with E-state index in [1.54, 1.807) is 26.0 Å². The molecular weight excluding hydrogens is 474 g/mol. The maximum Gasteiger partial charge on any atom is 0.336 e. The maximum atomic E-state index is 13.7. The summed E-state index contributed by atoms with van der Waals surface area (Å²) in [6.07, 6.45) is 1.07. The lowest BCUT2D eigenvalue weighted by atomic mass is 9.71. The number of carbonyl (C=O) groups is 2. The molecule has 0 bridgehead atoms. The van der Waals surface area contributed by atoms with Crippen LogP contribution in [0, 0.1) is 0 Å². The van der Waals surface area contributed by atoms with Crippen molar-refractivity contribution in [2.45, 2.75) is 38.5 Å². The van der Waals surface area contributed by atoms with E-state index in [-0.39, 0.29) is 17.7 Å². The topological polar surface area (TPSA) is 73.9 Å². The number of rotatable bonds is 9. The van der Waals surface area contributed by atoms with E-state index in [0.29, 0.717) is 30.6 Å². The van der Waals surface area contributed by atoms with E-state index in [0.717, 1.165) is 45.5 Å². The number of ether oxygens (including phenoxy) is 3. The SMILES string of the molecule is CCSCCOC(=O)C1=C(C)NC2=C(C(=O)C[C@@H](c3ccc(OC)cc3)C2)[C@@H]1c1ccc(OC)cc1. The van der Waals surface area contributed by atoms with E-state index in [2.05, 4.69) is 12.2 Å². The number of thioether (sulfide) groups is 1. The second-order valence-corrected chi connectivity index (χ2v) is 10.3. The average Bonchev–Trinajstić information content (AvgIpc) is 2.90. The van der Waals surface area contributed by atoms with Crippen molar-refractivity contribution in [1.29, 1.82) is 0 Å². The van der Waals surface area contributed by atoms with Gasteiger partial charge in [-0.25, -0.2) is 4.79 Å². The molecule has 36 heavy (non-hydrogen) atoms. The van der Waals surface area contributed by atoms with Gasteiger partial charge >= 0.3 is 5.97 Å². The van der Waals surface area contributed by atoms with Crippen LogP contribution in [0.3, 0.4) is 0 Å². The van der Waals surface area contributed by atoms with Crippen LogP contribution in [-0.4, -0.2) is 44.1 Å². The highest BCUT2D eigenvalue weighted by atomic mass is 32.2. The van der Waals surface area contributed by atoms with Crippen LogP contribution >= 0.6 is 11.8 Å². The Labute approximate surface area is 217 Å². The normalized spacial score (nSPS) is 19.5. The Morgan fingerprint density at radius 3 is 2.17 bits per heavy atom. The Kier molecular flexibility index (Phi) is 8.41. The zero-order chi connectivity index (χ0) is 25.7. The quantitative estimate of drug-likeness (QED) is 0.362. The number of ketones is 1. The molecule has 1 N–H and O–H groups in total. The second-order valence-electron chi connectivity index (χ2n) is 8.90. The van der Waals surface area contributed by atoms with Crippen LogP contribution in [0.25, 0.3) is 0 Å². The summed E-state index contributed by atoms with van der Waals surface area (Å²) in [6, 6.07) is 15.5. The van der Waals surface area contributed by atoms with Gasteiger partial charge in [0, 0.05) is 35.1 Å². The van der Waals surface area contributed by atoms with Crippen molar-refractivity contribution in [3.05, 3.63) is 82.2 Å². The van der Waals surface area contributed by atoms with Crippen molar-refractivity contribution < 1.29 is 23.8 Å². The number of benzene rings is 2. The molecule has 0 saturated carbocycles. The van der Waals surface area contributed by atoms with Gasteiger partial charge in [-0.2, -0.15) is 11.8 Å². The molecule has 0 saturated heterocycles. The van der Waals surface area contributed by atoms with Crippen LogP contribution in [0.2, 0.25) is 0 Å². The van der Waals surface area contributed by atoms with Gasteiger partial charge in [0.2, 0.25) is 0 Å². The highest BCUT2D eigenvalue weighted by molar-refractivity contribution is 7.99. The van der Waals surface area contributed by atoms with E-state index in [9.17, 15) is 9.59 Å². The molecular formula is C29H33NO5S. The van der Waals surface area contributed by atoms with Crippen molar-refractivity contribution >= 4 is 23.5 Å². The maximum absolute atomic E-state index is 13.7. The molecule has 0 fully saturated rings. The fraction of sp³-hybridized carbons (Fsp3) is 0.379. The first-order valence-electron chi connectivity index (χ1n) is 12.2. The Hall–Kier alpha value is -3.19. The van der Waals surface area contributed by atoms with Gasteiger partial charge in [0.15, 0.2) is 5.78 Å². The summed E-state index contributed by atoms with van der Waals surface area (Å²) in [7, 11) is 3.26. The summed E-state index contributed by atoms with van der Waals surface area (Å²) < 4.78 is 16.3. The minimum atomic E-state index is -0.484. The number of esters is 1. The third-order valence-corrected chi connectivity index (χ3v) is 7.61. The third kappa shape index (κ3) is 5.46. The predicted octanol–water partition coefficient (Wildman–Crippen LogP) is 5.36. The van der Waals surface area contributed by atoms with Crippen LogP contribution in [0.15, 0.2) is 71.1 Å². The number of Topliss-reactive ketones (excluding diaryl/α,β-unsaturated/α-hetero) is 1. The van der Waals surface area contributed by atoms with E-state index in [1.165, 1.54) is 0 Å². The molecule has 4 rings (SSSR count). The van der Waals surface area contributed by atoms with Crippen LogP contribution in [0.4, 0.5) is 0 Å². The lowest BCUT2D eigenvalue weighted by molar-refractivity contribution is -0.138. The first-order valence-corrected chi connectivity index (χ1v) is 13.4. The lowest BCUT2D eigenvalue weighted by Gasteiger charge is -2.36. The molecule has 0 unspecified atom stereocenters. The standard InChI is InChI=1S/C29H33NO5S/c1-5-36-15-14-35-29(32)26-18(2)30-24-16-21(19-6-10-22(33-3)11-7-19)17-25(31)28(24)27(26)20-8-12-23(34-4)13-9-20/h6-13,21,27,30H,5,14-17H2,1-4H3/t21-,27+/m0/s1. The average molecular weight is 508 g/mol. The molecule has 0 aromatic heterocycles. The summed E-state index contributed by atoms with van der Waals surface area (Å²) in [5.41, 5.74) is 4.73. The zero-order valence-electron chi connectivity index (χ0n) is 21.3. The number of hydrogen-bond donors (Lipinski definition) is 1. The van der Waals surface area contributed by atoms with Crippen molar-refractivity contribution in [3.63, 3.8) is 0 Å². The molecule has 0 spiro atoms. The minimum absolute atomic E-state index is 0.0460. The number of methoxy groups -OCH3 is 2. The second kappa shape index (κ2) is 11.7. The number of nitrogens with one attached hydrogen (secondary N) is 1. The van der Waals surface area contributed by atoms with Gasteiger partial charge < -0.3 is 19.5 Å². The lowest BCUT2D eigenvalue weighted by Crippen LogP contribution is -2.36. The fourth-order valence-electron chi connectivity index (χ4n) is 4.97. The molecule has 0 radical (unpaired) electrons. The molecule has 7 heteroatoms. The molecule has 2 aromatic rings. The molecule has 190 valence electrons. The van der Waals surface area contributed by atoms with Crippen molar-refractivity contribution in [2.75, 3.05) is 32.3 Å². The number of hydrogen-bond acceptors (Lipinski definition) is 7. The third-order valence-electron chi connectivity index (χ3n) is 6.75. The van der Waals surface area contributed by atoms with Gasteiger partial charge in [0.05, 0.1) is 19.8 Å². The van der Waals surface area contributed by atoms with Crippen LogP contribution in [0.1, 0.15) is 49.7 Å². The first-order chi connectivity index (χ1) is 17.5. The van der Waals surface area contributed by atoms with Gasteiger partial charge in [-0.15, -0.1) is 0 Å². The van der Waals surface area contributed by atoms with Crippen molar-refractivity contribution in [2.24, 2.45) is 0 Å². The number of allylic oxidation sites excluding steroid dienone is 3. The smallest absolute Gasteiger partial charge is 0.336 e. The van der Waals surface area contributed by atoms with Gasteiger partial charge in [-0.3, -0.25) is 4.79 Å². The molecule has 6 nitrogen and oxygen atoms in total. The minimum Gasteiger partial charge on any atom is -0.497 e. The van der Waals surface area contributed by atoms with Crippen LogP contribution in [0.5, 0.6) is 11.5 Å². The van der Waals surface area contributed by atoms with Crippen LogP contribution in [-0.2, 0) is 14.3 Å². The molecule has 1 heterocycles.